The first-order chi connectivity index (χ1) is 8.24. The Balaban J connectivity index is 1.92. The molecule has 0 saturated carbocycles. The summed E-state index contributed by atoms with van der Waals surface area (Å²) < 4.78 is 2.11. The number of rotatable bonds is 2. The van der Waals surface area contributed by atoms with Crippen LogP contribution in [0.1, 0.15) is 18.7 Å². The zero-order valence-corrected chi connectivity index (χ0v) is 10.7. The smallest absolute Gasteiger partial charge is 0.114 e. The van der Waals surface area contributed by atoms with E-state index in [1.807, 2.05) is 24.5 Å². The van der Waals surface area contributed by atoms with E-state index in [2.05, 4.69) is 21.3 Å². The van der Waals surface area contributed by atoms with E-state index >= 15 is 0 Å². The highest BCUT2D eigenvalue weighted by atomic mass is 35.5. The molecule has 1 aliphatic heterocycles. The molecule has 0 aromatic carbocycles. The Labute approximate surface area is 106 Å². The van der Waals surface area contributed by atoms with Crippen molar-refractivity contribution in [1.29, 1.82) is 0 Å². The van der Waals surface area contributed by atoms with Crippen LogP contribution in [-0.4, -0.2) is 33.9 Å². The van der Waals surface area contributed by atoms with E-state index in [0.29, 0.717) is 6.04 Å². The van der Waals surface area contributed by atoms with Gasteiger partial charge in [-0.15, -0.1) is 0 Å². The second kappa shape index (κ2) is 4.31. The van der Waals surface area contributed by atoms with Gasteiger partial charge in [-0.1, -0.05) is 11.6 Å². The summed E-state index contributed by atoms with van der Waals surface area (Å²) in [6.45, 7) is 1.20. The van der Waals surface area contributed by atoms with Crippen molar-refractivity contribution in [2.45, 2.75) is 25.3 Å². The molecule has 3 rings (SSSR count). The Hall–Kier alpha value is -1.06. The first-order valence-electron chi connectivity index (χ1n) is 6.06. The summed E-state index contributed by atoms with van der Waals surface area (Å²) in [6, 6.07) is 4.54. The SMILES string of the molecule is CN1CCCC1Cc1ncc2ccc(Cl)cn12. The maximum atomic E-state index is 6.03. The minimum Gasteiger partial charge on any atom is -0.303 e. The topological polar surface area (TPSA) is 20.5 Å². The van der Waals surface area contributed by atoms with Crippen molar-refractivity contribution in [3.05, 3.63) is 35.4 Å². The number of likely N-dealkylation sites (tertiary alicyclic amines) is 1. The van der Waals surface area contributed by atoms with Crippen LogP contribution >= 0.6 is 11.6 Å². The molecule has 1 atom stereocenters. The fourth-order valence-corrected chi connectivity index (χ4v) is 2.78. The highest BCUT2D eigenvalue weighted by Crippen LogP contribution is 2.20. The molecule has 0 N–H and O–H groups in total. The molecule has 90 valence electrons. The third kappa shape index (κ3) is 2.05. The predicted molar refractivity (Wildman–Crippen MR) is 69.6 cm³/mol. The Kier molecular flexibility index (Phi) is 2.81. The Morgan fingerprint density at radius 2 is 2.35 bits per heavy atom. The standard InChI is InChI=1S/C13H16ClN3/c1-16-6-2-3-11(16)7-13-15-8-12-5-4-10(14)9-17(12)13/h4-5,8-9,11H,2-3,6-7H2,1H3. The lowest BCUT2D eigenvalue weighted by atomic mass is 10.1. The van der Waals surface area contributed by atoms with Gasteiger partial charge in [0.05, 0.1) is 16.7 Å². The van der Waals surface area contributed by atoms with Crippen LogP contribution in [0, 0.1) is 0 Å². The Morgan fingerprint density at radius 1 is 1.47 bits per heavy atom. The van der Waals surface area contributed by atoms with Gasteiger partial charge in [0.1, 0.15) is 5.82 Å². The number of fused-ring (bicyclic) bond motifs is 1. The fourth-order valence-electron chi connectivity index (χ4n) is 2.62. The number of pyridine rings is 1. The van der Waals surface area contributed by atoms with Crippen LogP contribution in [0.3, 0.4) is 0 Å². The third-order valence-corrected chi connectivity index (χ3v) is 3.88. The average molecular weight is 250 g/mol. The van der Waals surface area contributed by atoms with Gasteiger partial charge in [-0.2, -0.15) is 0 Å². The maximum absolute atomic E-state index is 6.03. The monoisotopic (exact) mass is 249 g/mol. The largest absolute Gasteiger partial charge is 0.303 e. The Morgan fingerprint density at radius 3 is 3.12 bits per heavy atom. The van der Waals surface area contributed by atoms with E-state index in [0.717, 1.165) is 22.8 Å². The maximum Gasteiger partial charge on any atom is 0.114 e. The summed E-state index contributed by atoms with van der Waals surface area (Å²) >= 11 is 6.03. The van der Waals surface area contributed by atoms with Crippen LogP contribution in [0.4, 0.5) is 0 Å². The molecule has 1 unspecified atom stereocenters. The summed E-state index contributed by atoms with van der Waals surface area (Å²) in [7, 11) is 2.19. The summed E-state index contributed by atoms with van der Waals surface area (Å²) in [5, 5.41) is 0.761. The molecule has 0 aliphatic carbocycles. The summed E-state index contributed by atoms with van der Waals surface area (Å²) in [6.07, 6.45) is 7.44. The van der Waals surface area contributed by atoms with Crippen molar-refractivity contribution in [3.8, 4) is 0 Å². The molecule has 3 nitrogen and oxygen atoms in total. The van der Waals surface area contributed by atoms with Gasteiger partial charge in [0.15, 0.2) is 0 Å². The third-order valence-electron chi connectivity index (χ3n) is 3.66. The van der Waals surface area contributed by atoms with Crippen LogP contribution in [0.25, 0.3) is 5.52 Å². The van der Waals surface area contributed by atoms with Crippen molar-refractivity contribution in [1.82, 2.24) is 14.3 Å². The van der Waals surface area contributed by atoms with Crippen LogP contribution in [0.15, 0.2) is 24.5 Å². The van der Waals surface area contributed by atoms with Crippen LogP contribution < -0.4 is 0 Å². The summed E-state index contributed by atoms with van der Waals surface area (Å²) in [4.78, 5) is 6.93. The van der Waals surface area contributed by atoms with Gasteiger partial charge in [0.2, 0.25) is 0 Å². The number of hydrogen-bond donors (Lipinski definition) is 0. The number of halogens is 1. The van der Waals surface area contributed by atoms with Gasteiger partial charge < -0.3 is 9.30 Å². The minimum atomic E-state index is 0.625. The lowest BCUT2D eigenvalue weighted by molar-refractivity contribution is 0.305. The van der Waals surface area contributed by atoms with Gasteiger partial charge in [-0.25, -0.2) is 4.98 Å². The lowest BCUT2D eigenvalue weighted by Crippen LogP contribution is -2.27. The van der Waals surface area contributed by atoms with Crippen molar-refractivity contribution in [2.75, 3.05) is 13.6 Å². The van der Waals surface area contributed by atoms with Crippen molar-refractivity contribution in [3.63, 3.8) is 0 Å². The molecule has 1 aliphatic rings. The molecule has 17 heavy (non-hydrogen) atoms. The number of hydrogen-bond acceptors (Lipinski definition) is 2. The average Bonchev–Trinajstić information content (AvgIpc) is 2.88. The first-order valence-corrected chi connectivity index (χ1v) is 6.43. The summed E-state index contributed by atoms with van der Waals surface area (Å²) in [5.41, 5.74) is 1.12. The van der Waals surface area contributed by atoms with E-state index in [1.165, 1.54) is 19.4 Å². The molecule has 0 amide bonds. The first kappa shape index (κ1) is 11.1. The molecular weight excluding hydrogens is 234 g/mol. The van der Waals surface area contributed by atoms with Crippen LogP contribution in [0.2, 0.25) is 5.02 Å². The molecule has 1 fully saturated rings. The van der Waals surface area contributed by atoms with Crippen LogP contribution in [-0.2, 0) is 6.42 Å². The van der Waals surface area contributed by atoms with E-state index in [1.54, 1.807) is 0 Å². The molecule has 0 radical (unpaired) electrons. The van der Waals surface area contributed by atoms with E-state index in [4.69, 9.17) is 11.6 Å². The van der Waals surface area contributed by atoms with Gasteiger partial charge in [0, 0.05) is 18.7 Å². The predicted octanol–water partition coefficient (Wildman–Crippen LogP) is 2.62. The number of aromatic nitrogens is 2. The summed E-state index contributed by atoms with van der Waals surface area (Å²) in [5.74, 6) is 1.11. The Bertz CT molecular complexity index is 534. The quantitative estimate of drug-likeness (QED) is 0.816. The van der Waals surface area contributed by atoms with Crippen molar-refractivity contribution < 1.29 is 0 Å². The molecule has 1 saturated heterocycles. The van der Waals surface area contributed by atoms with Gasteiger partial charge in [-0.3, -0.25) is 0 Å². The molecule has 2 aromatic heterocycles. The molecule has 2 aromatic rings. The second-order valence-corrected chi connectivity index (χ2v) is 5.23. The highest BCUT2D eigenvalue weighted by molar-refractivity contribution is 6.30. The second-order valence-electron chi connectivity index (χ2n) is 4.80. The number of nitrogens with zero attached hydrogens (tertiary/aromatic N) is 3. The highest BCUT2D eigenvalue weighted by Gasteiger charge is 2.22. The zero-order valence-electron chi connectivity index (χ0n) is 9.93. The normalized spacial score (nSPS) is 21.4. The number of likely N-dealkylation sites (N-methyl/N-ethyl adjacent to an activating group) is 1. The lowest BCUT2D eigenvalue weighted by Gasteiger charge is -2.18. The molecule has 4 heteroatoms. The molecule has 3 heterocycles. The zero-order chi connectivity index (χ0) is 11.8. The number of imidazole rings is 1. The van der Waals surface area contributed by atoms with E-state index < -0.39 is 0 Å². The van der Waals surface area contributed by atoms with E-state index in [9.17, 15) is 0 Å². The van der Waals surface area contributed by atoms with Gasteiger partial charge in [0.25, 0.3) is 0 Å². The fraction of sp³-hybridized carbons (Fsp3) is 0.462. The van der Waals surface area contributed by atoms with Crippen molar-refractivity contribution >= 4 is 17.1 Å². The van der Waals surface area contributed by atoms with Crippen molar-refractivity contribution in [2.24, 2.45) is 0 Å². The minimum absolute atomic E-state index is 0.625. The molecule has 0 spiro atoms. The van der Waals surface area contributed by atoms with E-state index in [-0.39, 0.29) is 0 Å². The van der Waals surface area contributed by atoms with Gasteiger partial charge in [-0.05, 0) is 38.6 Å². The molecule has 0 bridgehead atoms. The molecular formula is C13H16ClN3. The van der Waals surface area contributed by atoms with Gasteiger partial charge >= 0.3 is 0 Å². The van der Waals surface area contributed by atoms with Crippen LogP contribution in [0.5, 0.6) is 0 Å².